The van der Waals surface area contributed by atoms with E-state index >= 15 is 0 Å². The van der Waals surface area contributed by atoms with E-state index in [1.807, 2.05) is 41.8 Å². The Morgan fingerprint density at radius 1 is 1.37 bits per heavy atom. The molecule has 1 fully saturated rings. The van der Waals surface area contributed by atoms with Gasteiger partial charge in [-0.3, -0.25) is 9.36 Å². The number of rotatable bonds is 4. The van der Waals surface area contributed by atoms with Gasteiger partial charge >= 0.3 is 5.76 Å². The minimum atomic E-state index is -0.409. The summed E-state index contributed by atoms with van der Waals surface area (Å²) in [5.74, 6) is 0.957. The minimum absolute atomic E-state index is 0.0720. The van der Waals surface area contributed by atoms with Gasteiger partial charge in [-0.1, -0.05) is 6.07 Å². The molecule has 0 bridgehead atoms. The summed E-state index contributed by atoms with van der Waals surface area (Å²) in [5, 5.41) is 0. The lowest BCUT2D eigenvalue weighted by Gasteiger charge is -2.32. The zero-order valence-electron chi connectivity index (χ0n) is 15.7. The third-order valence-corrected chi connectivity index (χ3v) is 5.37. The lowest BCUT2D eigenvalue weighted by atomic mass is 9.97. The van der Waals surface area contributed by atoms with Crippen molar-refractivity contribution in [3.63, 3.8) is 0 Å². The molecule has 0 aliphatic carbocycles. The molecular weight excluding hydrogens is 344 g/mol. The Kier molecular flexibility index (Phi) is 4.59. The van der Waals surface area contributed by atoms with Gasteiger partial charge in [0.05, 0.1) is 5.52 Å². The van der Waals surface area contributed by atoms with Crippen LogP contribution in [0.4, 0.5) is 0 Å². The number of amides is 1. The van der Waals surface area contributed by atoms with E-state index in [0.717, 1.165) is 36.3 Å². The van der Waals surface area contributed by atoms with Gasteiger partial charge in [0.1, 0.15) is 5.82 Å². The molecule has 0 spiro atoms. The van der Waals surface area contributed by atoms with E-state index in [0.29, 0.717) is 18.7 Å². The number of hydrogen-bond acceptors (Lipinski definition) is 4. The summed E-state index contributed by atoms with van der Waals surface area (Å²) >= 11 is 0. The van der Waals surface area contributed by atoms with Gasteiger partial charge in [0.15, 0.2) is 5.58 Å². The number of likely N-dealkylation sites (tertiary alicyclic amines) is 1. The smallest absolute Gasteiger partial charge is 0.408 e. The number of nitrogens with zero attached hydrogens (tertiary/aromatic N) is 4. The van der Waals surface area contributed by atoms with Gasteiger partial charge in [0, 0.05) is 51.4 Å². The highest BCUT2D eigenvalue weighted by Crippen LogP contribution is 2.26. The maximum absolute atomic E-state index is 12.8. The van der Waals surface area contributed by atoms with Crippen molar-refractivity contribution in [2.24, 2.45) is 7.05 Å². The van der Waals surface area contributed by atoms with Gasteiger partial charge < -0.3 is 13.9 Å². The third kappa shape index (κ3) is 3.41. The third-order valence-electron chi connectivity index (χ3n) is 5.37. The number of imidazole rings is 1. The first kappa shape index (κ1) is 17.6. The number of aryl methyl sites for hydroxylation is 3. The van der Waals surface area contributed by atoms with Gasteiger partial charge in [-0.25, -0.2) is 9.78 Å². The van der Waals surface area contributed by atoms with Crippen LogP contribution in [0.5, 0.6) is 0 Å². The van der Waals surface area contributed by atoms with Gasteiger partial charge in [-0.15, -0.1) is 0 Å². The minimum Gasteiger partial charge on any atom is -0.408 e. The number of fused-ring (bicyclic) bond motifs is 1. The predicted molar refractivity (Wildman–Crippen MR) is 102 cm³/mol. The van der Waals surface area contributed by atoms with Crippen LogP contribution in [0.1, 0.15) is 36.6 Å². The second-order valence-corrected chi connectivity index (χ2v) is 7.32. The summed E-state index contributed by atoms with van der Waals surface area (Å²) < 4.78 is 8.86. The zero-order chi connectivity index (χ0) is 19.0. The van der Waals surface area contributed by atoms with Crippen LogP contribution in [0, 0.1) is 6.92 Å². The average Bonchev–Trinajstić information content (AvgIpc) is 3.22. The van der Waals surface area contributed by atoms with Gasteiger partial charge in [-0.2, -0.15) is 0 Å². The lowest BCUT2D eigenvalue weighted by molar-refractivity contribution is -0.132. The zero-order valence-corrected chi connectivity index (χ0v) is 15.7. The van der Waals surface area contributed by atoms with Crippen LogP contribution in [0.15, 0.2) is 39.8 Å². The van der Waals surface area contributed by atoms with E-state index in [9.17, 15) is 9.59 Å². The molecule has 1 atom stereocenters. The highest BCUT2D eigenvalue weighted by molar-refractivity contribution is 5.77. The van der Waals surface area contributed by atoms with Crippen molar-refractivity contribution in [3.05, 3.63) is 52.5 Å². The molecule has 4 rings (SSSR count). The molecule has 0 radical (unpaired) electrons. The molecule has 27 heavy (non-hydrogen) atoms. The van der Waals surface area contributed by atoms with E-state index in [4.69, 9.17) is 4.42 Å². The van der Waals surface area contributed by atoms with Crippen LogP contribution in [-0.2, 0) is 18.4 Å². The normalized spacial score (nSPS) is 17.6. The van der Waals surface area contributed by atoms with E-state index < -0.39 is 5.76 Å². The SMILES string of the molecule is Cc1ccc2oc(=O)n(CCC(=O)N3CCCC(c4nccn4C)C3)c2c1. The molecule has 3 aromatic rings. The molecule has 1 amide bonds. The molecule has 1 unspecified atom stereocenters. The number of benzene rings is 1. The van der Waals surface area contributed by atoms with Crippen LogP contribution in [-0.4, -0.2) is 38.0 Å². The van der Waals surface area contributed by atoms with Gasteiger partial charge in [0.25, 0.3) is 0 Å². The molecule has 1 aliphatic rings. The van der Waals surface area contributed by atoms with E-state index in [1.165, 1.54) is 0 Å². The Balaban J connectivity index is 1.45. The fourth-order valence-electron chi connectivity index (χ4n) is 3.93. The van der Waals surface area contributed by atoms with Crippen molar-refractivity contribution < 1.29 is 9.21 Å². The number of carbonyl (C=O) groups is 1. The molecule has 1 aromatic carbocycles. The second-order valence-electron chi connectivity index (χ2n) is 7.32. The topological polar surface area (TPSA) is 73.3 Å². The van der Waals surface area contributed by atoms with Crippen LogP contribution in [0.3, 0.4) is 0 Å². The van der Waals surface area contributed by atoms with Crippen LogP contribution in [0.25, 0.3) is 11.1 Å². The highest BCUT2D eigenvalue weighted by Gasteiger charge is 2.27. The highest BCUT2D eigenvalue weighted by atomic mass is 16.4. The molecule has 142 valence electrons. The summed E-state index contributed by atoms with van der Waals surface area (Å²) in [6, 6.07) is 5.63. The van der Waals surface area contributed by atoms with Crippen molar-refractivity contribution in [2.75, 3.05) is 13.1 Å². The largest absolute Gasteiger partial charge is 0.419 e. The van der Waals surface area contributed by atoms with E-state index in [-0.39, 0.29) is 18.2 Å². The Morgan fingerprint density at radius 3 is 3.00 bits per heavy atom. The quantitative estimate of drug-likeness (QED) is 0.709. The molecular formula is C20H24N4O3. The number of carbonyl (C=O) groups excluding carboxylic acids is 1. The predicted octanol–water partition coefficient (Wildman–Crippen LogP) is 2.43. The molecule has 0 N–H and O–H groups in total. The molecule has 1 saturated heterocycles. The van der Waals surface area contributed by atoms with Crippen molar-refractivity contribution in [3.8, 4) is 0 Å². The molecule has 3 heterocycles. The van der Waals surface area contributed by atoms with Crippen molar-refractivity contribution in [2.45, 2.75) is 38.6 Å². The monoisotopic (exact) mass is 368 g/mol. The maximum atomic E-state index is 12.8. The fraction of sp³-hybridized carbons (Fsp3) is 0.450. The number of hydrogen-bond donors (Lipinski definition) is 0. The van der Waals surface area contributed by atoms with Crippen molar-refractivity contribution >= 4 is 17.0 Å². The Bertz CT molecular complexity index is 1030. The van der Waals surface area contributed by atoms with E-state index in [1.54, 1.807) is 16.8 Å². The first-order valence-corrected chi connectivity index (χ1v) is 9.38. The molecule has 7 nitrogen and oxygen atoms in total. The Morgan fingerprint density at radius 2 is 2.22 bits per heavy atom. The summed E-state index contributed by atoms with van der Waals surface area (Å²) in [6.45, 7) is 3.75. The number of piperidine rings is 1. The summed E-state index contributed by atoms with van der Waals surface area (Å²) in [4.78, 5) is 31.2. The summed E-state index contributed by atoms with van der Waals surface area (Å²) in [5.41, 5.74) is 2.36. The second kappa shape index (κ2) is 7.06. The van der Waals surface area contributed by atoms with Crippen molar-refractivity contribution in [1.82, 2.24) is 19.0 Å². The standard InChI is InChI=1S/C20H24N4O3/c1-14-5-6-17-16(12-14)24(20(26)27-17)10-7-18(25)23-9-3-4-15(13-23)19-21-8-11-22(19)2/h5-6,8,11-12,15H,3-4,7,9-10,13H2,1-2H3. The molecule has 0 saturated carbocycles. The fourth-order valence-corrected chi connectivity index (χ4v) is 3.93. The lowest BCUT2D eigenvalue weighted by Crippen LogP contribution is -2.40. The maximum Gasteiger partial charge on any atom is 0.419 e. The van der Waals surface area contributed by atoms with Crippen molar-refractivity contribution in [1.29, 1.82) is 0 Å². The molecule has 2 aromatic heterocycles. The van der Waals surface area contributed by atoms with E-state index in [2.05, 4.69) is 4.98 Å². The van der Waals surface area contributed by atoms with Crippen LogP contribution < -0.4 is 5.76 Å². The van der Waals surface area contributed by atoms with Gasteiger partial charge in [-0.05, 0) is 37.5 Å². The summed E-state index contributed by atoms with van der Waals surface area (Å²) in [7, 11) is 1.99. The number of oxazole rings is 1. The summed E-state index contributed by atoms with van der Waals surface area (Å²) in [6.07, 6.45) is 6.04. The van der Waals surface area contributed by atoms with Gasteiger partial charge in [0.2, 0.25) is 5.91 Å². The van der Waals surface area contributed by atoms with Crippen LogP contribution >= 0.6 is 0 Å². The molecule has 7 heteroatoms. The van der Waals surface area contributed by atoms with Crippen LogP contribution in [0.2, 0.25) is 0 Å². The Labute approximate surface area is 157 Å². The number of aromatic nitrogens is 3. The first-order valence-electron chi connectivity index (χ1n) is 9.38. The Hall–Kier alpha value is -2.83. The first-order chi connectivity index (χ1) is 13.0. The average molecular weight is 368 g/mol. The molecule has 1 aliphatic heterocycles.